The van der Waals surface area contributed by atoms with Crippen molar-refractivity contribution in [1.29, 1.82) is 0 Å². The lowest BCUT2D eigenvalue weighted by Gasteiger charge is -2.24. The maximum absolute atomic E-state index is 13.1. The summed E-state index contributed by atoms with van der Waals surface area (Å²) in [6, 6.07) is 4.09. The highest BCUT2D eigenvalue weighted by Gasteiger charge is 2.15. The van der Waals surface area contributed by atoms with Crippen molar-refractivity contribution in [3.05, 3.63) is 35.4 Å². The Morgan fingerprint density at radius 1 is 1.28 bits per heavy atom. The molecule has 0 spiro atoms. The van der Waals surface area contributed by atoms with Crippen LogP contribution in [0.1, 0.15) is 31.4 Å². The maximum atomic E-state index is 13.1. The lowest BCUT2D eigenvalue weighted by atomic mass is 9.99. The van der Waals surface area contributed by atoms with Crippen LogP contribution in [0.4, 0.5) is 8.78 Å². The van der Waals surface area contributed by atoms with E-state index < -0.39 is 11.6 Å². The lowest BCUT2D eigenvalue weighted by molar-refractivity contribution is 0.0656. The number of halogens is 2. The molecule has 1 heterocycles. The lowest BCUT2D eigenvalue weighted by Crippen LogP contribution is -2.29. The highest BCUT2D eigenvalue weighted by molar-refractivity contribution is 5.20. The minimum atomic E-state index is -0.796. The van der Waals surface area contributed by atoms with Crippen molar-refractivity contribution in [2.45, 2.75) is 25.8 Å². The van der Waals surface area contributed by atoms with Crippen LogP contribution in [-0.4, -0.2) is 19.8 Å². The van der Waals surface area contributed by atoms with Gasteiger partial charge in [-0.3, -0.25) is 0 Å². The van der Waals surface area contributed by atoms with E-state index in [9.17, 15) is 8.78 Å². The van der Waals surface area contributed by atoms with Crippen LogP contribution >= 0.6 is 0 Å². The zero-order valence-corrected chi connectivity index (χ0v) is 10.6. The van der Waals surface area contributed by atoms with Crippen LogP contribution in [0.15, 0.2) is 18.2 Å². The fourth-order valence-corrected chi connectivity index (χ4v) is 2.19. The molecule has 0 aromatic heterocycles. The third-order valence-corrected chi connectivity index (χ3v) is 3.50. The van der Waals surface area contributed by atoms with Gasteiger partial charge < -0.3 is 10.1 Å². The van der Waals surface area contributed by atoms with Crippen LogP contribution < -0.4 is 5.32 Å². The molecule has 1 saturated heterocycles. The Hall–Kier alpha value is -1.00. The number of rotatable bonds is 4. The topological polar surface area (TPSA) is 21.3 Å². The van der Waals surface area contributed by atoms with E-state index in [2.05, 4.69) is 5.32 Å². The molecule has 2 rings (SSSR count). The number of nitrogens with one attached hydrogen (secondary N) is 1. The molecule has 1 atom stereocenters. The van der Waals surface area contributed by atoms with Crippen molar-refractivity contribution in [1.82, 2.24) is 5.32 Å². The highest BCUT2D eigenvalue weighted by Crippen LogP contribution is 2.18. The normalized spacial score (nSPS) is 18.8. The fourth-order valence-electron chi connectivity index (χ4n) is 2.19. The predicted octanol–water partition coefficient (Wildman–Crippen LogP) is 3.04. The first kappa shape index (κ1) is 13.4. The number of benzene rings is 1. The second-order valence-electron chi connectivity index (χ2n) is 4.86. The summed E-state index contributed by atoms with van der Waals surface area (Å²) < 4.78 is 31.2. The van der Waals surface area contributed by atoms with Crippen LogP contribution in [0, 0.1) is 17.6 Å². The van der Waals surface area contributed by atoms with Gasteiger partial charge in [-0.1, -0.05) is 6.07 Å². The van der Waals surface area contributed by atoms with Crippen LogP contribution in [0.3, 0.4) is 0 Å². The van der Waals surface area contributed by atoms with Gasteiger partial charge >= 0.3 is 0 Å². The smallest absolute Gasteiger partial charge is 0.159 e. The molecule has 4 heteroatoms. The van der Waals surface area contributed by atoms with Crippen molar-refractivity contribution < 1.29 is 13.5 Å². The van der Waals surface area contributed by atoms with Crippen molar-refractivity contribution in [3.8, 4) is 0 Å². The monoisotopic (exact) mass is 255 g/mol. The summed E-state index contributed by atoms with van der Waals surface area (Å²) in [6.45, 7) is 4.51. The summed E-state index contributed by atoms with van der Waals surface area (Å²) in [5.41, 5.74) is 0.779. The molecule has 0 unspecified atom stereocenters. The van der Waals surface area contributed by atoms with Gasteiger partial charge in [0.25, 0.3) is 0 Å². The largest absolute Gasteiger partial charge is 0.381 e. The van der Waals surface area contributed by atoms with Crippen molar-refractivity contribution in [2.24, 2.45) is 5.92 Å². The zero-order valence-electron chi connectivity index (χ0n) is 10.6. The standard InChI is InChI=1S/C14H19F2NO/c1-10(12-2-3-13(15)14(16)8-12)17-9-11-4-6-18-7-5-11/h2-3,8,10-11,17H,4-7,9H2,1H3/t10-/m0/s1. The first-order valence-electron chi connectivity index (χ1n) is 6.43. The summed E-state index contributed by atoms with van der Waals surface area (Å²) in [5, 5.41) is 3.37. The van der Waals surface area contributed by atoms with Crippen LogP contribution in [0.25, 0.3) is 0 Å². The molecule has 2 nitrogen and oxygen atoms in total. The second-order valence-corrected chi connectivity index (χ2v) is 4.86. The molecule has 1 aromatic rings. The molecule has 1 fully saturated rings. The van der Waals surface area contributed by atoms with E-state index in [0.29, 0.717) is 5.92 Å². The molecule has 1 N–H and O–H groups in total. The molecular weight excluding hydrogens is 236 g/mol. The molecule has 1 aliphatic rings. The highest BCUT2D eigenvalue weighted by atomic mass is 19.2. The summed E-state index contributed by atoms with van der Waals surface area (Å²) in [5.74, 6) is -0.964. The van der Waals surface area contributed by atoms with Gasteiger partial charge in [0.05, 0.1) is 0 Å². The second kappa shape index (κ2) is 6.25. The van der Waals surface area contributed by atoms with E-state index in [1.807, 2.05) is 6.92 Å². The predicted molar refractivity (Wildman–Crippen MR) is 66.3 cm³/mol. The number of hydrogen-bond donors (Lipinski definition) is 1. The first-order valence-corrected chi connectivity index (χ1v) is 6.43. The summed E-state index contributed by atoms with van der Waals surface area (Å²) in [7, 11) is 0. The Balaban J connectivity index is 1.86. The summed E-state index contributed by atoms with van der Waals surface area (Å²) >= 11 is 0. The van der Waals surface area contributed by atoms with E-state index in [0.717, 1.165) is 38.2 Å². The van der Waals surface area contributed by atoms with Gasteiger partial charge in [0.15, 0.2) is 11.6 Å². The Labute approximate surface area is 106 Å². The SMILES string of the molecule is C[C@H](NCC1CCOCC1)c1ccc(F)c(F)c1. The molecule has 100 valence electrons. The van der Waals surface area contributed by atoms with E-state index >= 15 is 0 Å². The van der Waals surface area contributed by atoms with Gasteiger partial charge in [-0.05, 0) is 49.9 Å². The molecule has 0 aliphatic carbocycles. The van der Waals surface area contributed by atoms with Gasteiger partial charge in [0.2, 0.25) is 0 Å². The van der Waals surface area contributed by atoms with Gasteiger partial charge in [0.1, 0.15) is 0 Å². The van der Waals surface area contributed by atoms with Crippen molar-refractivity contribution in [3.63, 3.8) is 0 Å². The molecule has 0 saturated carbocycles. The van der Waals surface area contributed by atoms with Crippen LogP contribution in [0.2, 0.25) is 0 Å². The van der Waals surface area contributed by atoms with Crippen LogP contribution in [-0.2, 0) is 4.74 Å². The quantitative estimate of drug-likeness (QED) is 0.893. The Kier molecular flexibility index (Phi) is 4.66. The average molecular weight is 255 g/mol. The van der Waals surface area contributed by atoms with E-state index in [-0.39, 0.29) is 6.04 Å². The van der Waals surface area contributed by atoms with Gasteiger partial charge in [-0.15, -0.1) is 0 Å². The molecule has 0 bridgehead atoms. The number of ether oxygens (including phenoxy) is 1. The fraction of sp³-hybridized carbons (Fsp3) is 0.571. The molecule has 18 heavy (non-hydrogen) atoms. The molecule has 1 aromatic carbocycles. The van der Waals surface area contributed by atoms with Gasteiger partial charge in [0, 0.05) is 19.3 Å². The van der Waals surface area contributed by atoms with E-state index in [1.54, 1.807) is 6.07 Å². The maximum Gasteiger partial charge on any atom is 0.159 e. The van der Waals surface area contributed by atoms with Crippen molar-refractivity contribution >= 4 is 0 Å². The minimum absolute atomic E-state index is 0.0305. The van der Waals surface area contributed by atoms with Gasteiger partial charge in [-0.2, -0.15) is 0 Å². The Morgan fingerprint density at radius 3 is 2.67 bits per heavy atom. The molecule has 0 radical (unpaired) electrons. The minimum Gasteiger partial charge on any atom is -0.381 e. The first-order chi connectivity index (χ1) is 8.66. The van der Waals surface area contributed by atoms with Crippen LogP contribution in [0.5, 0.6) is 0 Å². The van der Waals surface area contributed by atoms with Crippen molar-refractivity contribution in [2.75, 3.05) is 19.8 Å². The number of hydrogen-bond acceptors (Lipinski definition) is 2. The Morgan fingerprint density at radius 2 is 2.00 bits per heavy atom. The zero-order chi connectivity index (χ0) is 13.0. The summed E-state index contributed by atoms with van der Waals surface area (Å²) in [6.07, 6.45) is 2.13. The van der Waals surface area contributed by atoms with E-state index in [4.69, 9.17) is 4.74 Å². The molecular formula is C14H19F2NO. The average Bonchev–Trinajstić information content (AvgIpc) is 2.40. The van der Waals surface area contributed by atoms with E-state index in [1.165, 1.54) is 12.1 Å². The third kappa shape index (κ3) is 3.50. The molecule has 1 aliphatic heterocycles. The Bertz CT molecular complexity index is 391. The van der Waals surface area contributed by atoms with Gasteiger partial charge in [-0.25, -0.2) is 8.78 Å². The molecule has 0 amide bonds. The third-order valence-electron chi connectivity index (χ3n) is 3.50. The summed E-state index contributed by atoms with van der Waals surface area (Å²) in [4.78, 5) is 0.